The normalized spacial score (nSPS) is 30.9. The van der Waals surface area contributed by atoms with Gasteiger partial charge in [-0.15, -0.1) is 0 Å². The monoisotopic (exact) mass is 257 g/mol. The lowest BCUT2D eigenvalue weighted by Gasteiger charge is -2.32. The van der Waals surface area contributed by atoms with Crippen molar-refractivity contribution in [3.8, 4) is 0 Å². The fourth-order valence-electron chi connectivity index (χ4n) is 1.45. The number of rotatable bonds is 2. The summed E-state index contributed by atoms with van der Waals surface area (Å²) in [6.07, 6.45) is -1.43. The second kappa shape index (κ2) is 4.32. The van der Waals surface area contributed by atoms with Crippen molar-refractivity contribution in [3.05, 3.63) is 18.0 Å². The molecular weight excluding hydrogens is 227 g/mol. The lowest BCUT2D eigenvalue weighted by atomic mass is 9.85. The molecule has 98 valence electrons. The van der Waals surface area contributed by atoms with E-state index < -0.39 is 56.0 Å². The van der Waals surface area contributed by atoms with E-state index in [0.717, 1.165) is 0 Å². The molecule has 0 aliphatic carbocycles. The van der Waals surface area contributed by atoms with Crippen LogP contribution in [0, 0.1) is 0 Å². The van der Waals surface area contributed by atoms with Crippen LogP contribution in [0.15, 0.2) is 12.3 Å². The van der Waals surface area contributed by atoms with Gasteiger partial charge in [0.2, 0.25) is 0 Å². The molecule has 0 unspecified atom stereocenters. The zero-order valence-electron chi connectivity index (χ0n) is 19.8. The minimum Gasteiger partial charge on any atom is -0.398 e. The van der Waals surface area contributed by atoms with E-state index in [1.807, 2.05) is 0 Å². The molecule has 1 saturated heterocycles. The Bertz CT molecular complexity index is 719. The largest absolute Gasteiger partial charge is 0.516 e. The van der Waals surface area contributed by atoms with Gasteiger partial charge in [-0.25, -0.2) is 0 Å². The van der Waals surface area contributed by atoms with E-state index in [1.54, 1.807) is 27.7 Å². The minimum atomic E-state index is -3.32. The van der Waals surface area contributed by atoms with E-state index in [2.05, 4.69) is 9.97 Å². The van der Waals surface area contributed by atoms with Gasteiger partial charge in [0.1, 0.15) is 0 Å². The maximum atomic E-state index is 8.11. The average molecular weight is 257 g/mol. The Morgan fingerprint density at radius 3 is 2.39 bits per heavy atom. The van der Waals surface area contributed by atoms with Crippen LogP contribution in [0.2, 0.25) is 0 Å². The lowest BCUT2D eigenvalue weighted by Crippen LogP contribution is -2.41. The summed E-state index contributed by atoms with van der Waals surface area (Å²) in [6, 6.07) is 0. The van der Waals surface area contributed by atoms with Crippen molar-refractivity contribution in [1.29, 1.82) is 0 Å². The topological polar surface area (TPSA) is 44.2 Å². The SMILES string of the molecule is [2H]c1nc(C([2H])(C([2H])([2H])[2H])C([2H])([2H])[2H])c([2H])nc1B1OC(C)(C)C(C)(C)O1. The van der Waals surface area contributed by atoms with Crippen LogP contribution in [0.4, 0.5) is 0 Å². The smallest absolute Gasteiger partial charge is 0.398 e. The standard InChI is InChI=1S/C13H21BN2O2/c1-9(2)10-7-16-11(8-15-10)14-17-12(3,4)13(5,6)18-14/h7-9H,1-6H3/i1D3,2D3,7D,8D,9D. The van der Waals surface area contributed by atoms with Crippen LogP contribution in [-0.2, 0) is 9.31 Å². The van der Waals surface area contributed by atoms with Crippen molar-refractivity contribution in [2.24, 2.45) is 0 Å². The number of hydrogen-bond acceptors (Lipinski definition) is 4. The van der Waals surface area contributed by atoms with Crippen molar-refractivity contribution in [3.63, 3.8) is 0 Å². The molecule has 0 radical (unpaired) electrons. The second-order valence-corrected chi connectivity index (χ2v) is 5.14. The van der Waals surface area contributed by atoms with Crippen molar-refractivity contribution in [1.82, 2.24) is 9.97 Å². The van der Waals surface area contributed by atoms with Gasteiger partial charge in [-0.2, -0.15) is 0 Å². The summed E-state index contributed by atoms with van der Waals surface area (Å²) in [5.74, 6) is -3.20. The van der Waals surface area contributed by atoms with Crippen LogP contribution in [0.3, 0.4) is 0 Å². The fourth-order valence-corrected chi connectivity index (χ4v) is 1.45. The van der Waals surface area contributed by atoms with Crippen molar-refractivity contribution in [2.45, 2.75) is 58.5 Å². The molecular formula is C13H21BN2O2. The third-order valence-corrected chi connectivity index (χ3v) is 3.28. The van der Waals surface area contributed by atoms with Gasteiger partial charge in [0.15, 0.2) is 0 Å². The number of aromatic nitrogens is 2. The molecule has 1 aromatic heterocycles. The highest BCUT2D eigenvalue weighted by atomic mass is 16.7. The summed E-state index contributed by atoms with van der Waals surface area (Å²) in [5.41, 5.74) is -2.58. The first-order valence-corrected chi connectivity index (χ1v) is 5.56. The third kappa shape index (κ3) is 2.29. The van der Waals surface area contributed by atoms with Gasteiger partial charge in [-0.3, -0.25) is 9.97 Å². The number of hydrogen-bond donors (Lipinski definition) is 0. The first-order valence-electron chi connectivity index (χ1n) is 10.1. The Morgan fingerprint density at radius 1 is 1.22 bits per heavy atom. The first-order chi connectivity index (χ1) is 11.8. The Labute approximate surface area is 122 Å². The van der Waals surface area contributed by atoms with Crippen molar-refractivity contribution >= 4 is 12.7 Å². The molecule has 0 amide bonds. The highest BCUT2D eigenvalue weighted by molar-refractivity contribution is 6.61. The van der Waals surface area contributed by atoms with Crippen molar-refractivity contribution in [2.75, 3.05) is 0 Å². The van der Waals surface area contributed by atoms with Crippen LogP contribution < -0.4 is 5.59 Å². The molecule has 4 nitrogen and oxygen atoms in total. The molecule has 0 atom stereocenters. The minimum absolute atomic E-state index is 0.180. The molecule has 0 N–H and O–H groups in total. The van der Waals surface area contributed by atoms with Crippen LogP contribution >= 0.6 is 0 Å². The molecule has 0 aromatic carbocycles. The van der Waals surface area contributed by atoms with Gasteiger partial charge in [-0.05, 0) is 33.6 Å². The molecule has 0 bridgehead atoms. The summed E-state index contributed by atoms with van der Waals surface area (Å²) in [6.45, 7) is 0.467. The highest BCUT2D eigenvalue weighted by Gasteiger charge is 2.52. The molecule has 1 aliphatic heterocycles. The predicted octanol–water partition coefficient (Wildman–Crippen LogP) is 1.90. The Hall–Kier alpha value is -0.935. The Balaban J connectivity index is 2.59. The zero-order valence-corrected chi connectivity index (χ0v) is 10.8. The van der Waals surface area contributed by atoms with Gasteiger partial charge in [0.05, 0.1) is 25.2 Å². The highest BCUT2D eigenvalue weighted by Crippen LogP contribution is 2.36. The Kier molecular flexibility index (Phi) is 1.44. The molecule has 1 fully saturated rings. The molecule has 0 saturated carbocycles. The molecule has 1 aromatic rings. The summed E-state index contributed by atoms with van der Waals surface area (Å²) in [4.78, 5) is 7.49. The summed E-state index contributed by atoms with van der Waals surface area (Å²) in [7, 11) is -1.13. The lowest BCUT2D eigenvalue weighted by molar-refractivity contribution is 0.00578. The summed E-state index contributed by atoms with van der Waals surface area (Å²) >= 11 is 0. The van der Waals surface area contributed by atoms with Gasteiger partial charge in [0.25, 0.3) is 0 Å². The van der Waals surface area contributed by atoms with Crippen LogP contribution in [0.5, 0.6) is 0 Å². The molecule has 18 heavy (non-hydrogen) atoms. The zero-order chi connectivity index (χ0) is 21.2. The van der Waals surface area contributed by atoms with Gasteiger partial charge in [-0.1, -0.05) is 13.7 Å². The van der Waals surface area contributed by atoms with E-state index >= 15 is 0 Å². The average Bonchev–Trinajstić information content (AvgIpc) is 2.66. The van der Waals surface area contributed by atoms with E-state index in [4.69, 9.17) is 21.6 Å². The maximum Gasteiger partial charge on any atom is 0.516 e. The van der Waals surface area contributed by atoms with E-state index in [-0.39, 0.29) is 5.59 Å². The van der Waals surface area contributed by atoms with Crippen molar-refractivity contribution < 1.29 is 21.6 Å². The molecule has 2 rings (SSSR count). The summed E-state index contributed by atoms with van der Waals surface area (Å²) < 4.78 is 80.6. The van der Waals surface area contributed by atoms with E-state index in [0.29, 0.717) is 0 Å². The molecule has 5 heteroatoms. The van der Waals surface area contributed by atoms with Gasteiger partial charge >= 0.3 is 7.12 Å². The number of nitrogens with zero attached hydrogens (tertiary/aromatic N) is 2. The summed E-state index contributed by atoms with van der Waals surface area (Å²) in [5, 5.41) is 0. The first kappa shape index (κ1) is 6.01. The van der Waals surface area contributed by atoms with Crippen LogP contribution in [-0.4, -0.2) is 28.3 Å². The Morgan fingerprint density at radius 2 is 1.83 bits per heavy atom. The molecule has 1 aliphatic rings. The molecule has 0 spiro atoms. The van der Waals surface area contributed by atoms with Crippen LogP contribution in [0.1, 0.15) is 65.3 Å². The fraction of sp³-hybridized carbons (Fsp3) is 0.692. The predicted molar refractivity (Wildman–Crippen MR) is 71.8 cm³/mol. The third-order valence-electron chi connectivity index (χ3n) is 3.28. The van der Waals surface area contributed by atoms with Crippen LogP contribution in [0.25, 0.3) is 0 Å². The maximum absolute atomic E-state index is 8.11. The second-order valence-electron chi connectivity index (χ2n) is 5.14. The van der Waals surface area contributed by atoms with Gasteiger partial charge < -0.3 is 9.31 Å². The molecule has 2 heterocycles. The quantitative estimate of drug-likeness (QED) is 0.759. The van der Waals surface area contributed by atoms with Gasteiger partial charge in [0, 0.05) is 21.9 Å². The van der Waals surface area contributed by atoms with E-state index in [1.165, 1.54) is 0 Å². The van der Waals surface area contributed by atoms with E-state index in [9.17, 15) is 0 Å².